The monoisotopic (exact) mass is 604 g/mol. The molecule has 0 saturated carbocycles. The SMILES string of the molecule is CCC(C)Cc1cc(Nc2cc(Cl)cc(-c3cccc(O)c3)c2)ccc1C(=O)NNc1ncc(F)c(N2CCOCC2)n1. The molecule has 3 aromatic carbocycles. The van der Waals surface area contributed by atoms with Crippen LogP contribution in [0, 0.1) is 11.7 Å². The third-order valence-corrected chi connectivity index (χ3v) is 7.52. The minimum atomic E-state index is -0.536. The number of aromatic nitrogens is 2. The highest BCUT2D eigenvalue weighted by molar-refractivity contribution is 6.31. The number of nitrogens with one attached hydrogen (secondary N) is 3. The molecule has 1 aromatic heterocycles. The topological polar surface area (TPSA) is 112 Å². The largest absolute Gasteiger partial charge is 0.508 e. The van der Waals surface area contributed by atoms with Crippen molar-refractivity contribution in [2.75, 3.05) is 41.9 Å². The molecule has 11 heteroatoms. The maximum Gasteiger partial charge on any atom is 0.269 e. The maximum absolute atomic E-state index is 14.4. The number of carbonyl (C=O) groups excluding carboxylic acids is 1. The van der Waals surface area contributed by atoms with E-state index in [-0.39, 0.29) is 23.4 Å². The Morgan fingerprint density at radius 3 is 2.67 bits per heavy atom. The molecule has 1 amide bonds. The average Bonchev–Trinajstić information content (AvgIpc) is 3.00. The number of morpholine rings is 1. The molecule has 0 aliphatic carbocycles. The molecule has 0 spiro atoms. The molecule has 0 bridgehead atoms. The molecule has 1 fully saturated rings. The second-order valence-electron chi connectivity index (χ2n) is 10.5. The van der Waals surface area contributed by atoms with Crippen LogP contribution in [0.3, 0.4) is 0 Å². The average molecular weight is 605 g/mol. The van der Waals surface area contributed by atoms with Crippen molar-refractivity contribution < 1.29 is 19.0 Å². The molecular formula is C32H34ClFN6O3. The Morgan fingerprint density at radius 2 is 1.91 bits per heavy atom. The van der Waals surface area contributed by atoms with Gasteiger partial charge < -0.3 is 20.1 Å². The van der Waals surface area contributed by atoms with Gasteiger partial charge in [-0.05, 0) is 77.6 Å². The molecule has 9 nitrogen and oxygen atoms in total. The fraction of sp³-hybridized carbons (Fsp3) is 0.281. The van der Waals surface area contributed by atoms with Crippen LogP contribution in [0.15, 0.2) is 66.9 Å². The van der Waals surface area contributed by atoms with Gasteiger partial charge in [-0.25, -0.2) is 9.37 Å². The molecule has 4 aromatic rings. The highest BCUT2D eigenvalue weighted by Crippen LogP contribution is 2.31. The summed E-state index contributed by atoms with van der Waals surface area (Å²) in [4.78, 5) is 23.4. The summed E-state index contributed by atoms with van der Waals surface area (Å²) in [6.45, 7) is 6.27. The summed E-state index contributed by atoms with van der Waals surface area (Å²) in [7, 11) is 0. The van der Waals surface area contributed by atoms with E-state index < -0.39 is 5.82 Å². The third kappa shape index (κ3) is 7.71. The minimum absolute atomic E-state index is 0.0847. The molecule has 1 aliphatic heterocycles. The Balaban J connectivity index is 1.34. The second-order valence-corrected chi connectivity index (χ2v) is 11.0. The van der Waals surface area contributed by atoms with E-state index in [1.54, 1.807) is 29.2 Å². The number of phenolic OH excluding ortho intramolecular Hbond substituents is 1. The van der Waals surface area contributed by atoms with Crippen molar-refractivity contribution in [2.45, 2.75) is 26.7 Å². The standard InChI is InChI=1S/C32H34ClFN6O3/c1-3-20(2)13-23-16-25(36-26-15-22(14-24(33)18-26)21-5-4-6-27(41)17-21)7-8-28(23)31(42)38-39-32-35-19-29(34)30(37-32)40-9-11-43-12-10-40/h4-8,14-20,36,41H,3,9-13H2,1-2H3,(H,38,42)(H,35,37,39). The van der Waals surface area contributed by atoms with E-state index >= 15 is 0 Å². The normalized spacial score (nSPS) is 13.8. The summed E-state index contributed by atoms with van der Waals surface area (Å²) in [5.41, 5.74) is 10.0. The summed E-state index contributed by atoms with van der Waals surface area (Å²) >= 11 is 6.44. The zero-order valence-electron chi connectivity index (χ0n) is 24.0. The first-order chi connectivity index (χ1) is 20.8. The Labute approximate surface area is 255 Å². The lowest BCUT2D eigenvalue weighted by molar-refractivity contribution is 0.0961. The van der Waals surface area contributed by atoms with Crippen molar-refractivity contribution in [3.8, 4) is 16.9 Å². The fourth-order valence-corrected chi connectivity index (χ4v) is 5.09. The number of halogens is 2. The van der Waals surface area contributed by atoms with Gasteiger partial charge in [0.15, 0.2) is 11.6 Å². The van der Waals surface area contributed by atoms with Crippen LogP contribution in [0.5, 0.6) is 5.75 Å². The lowest BCUT2D eigenvalue weighted by Gasteiger charge is -2.28. The zero-order valence-corrected chi connectivity index (χ0v) is 24.8. The van der Waals surface area contributed by atoms with Gasteiger partial charge in [0.1, 0.15) is 5.75 Å². The molecule has 0 radical (unpaired) electrons. The lowest BCUT2D eigenvalue weighted by Crippen LogP contribution is -2.38. The van der Waals surface area contributed by atoms with Gasteiger partial charge in [0, 0.05) is 35.1 Å². The van der Waals surface area contributed by atoms with Gasteiger partial charge in [-0.15, -0.1) is 0 Å². The van der Waals surface area contributed by atoms with Crippen molar-refractivity contribution in [1.29, 1.82) is 0 Å². The molecule has 1 unspecified atom stereocenters. The van der Waals surface area contributed by atoms with E-state index in [1.165, 1.54) is 0 Å². The number of carbonyl (C=O) groups is 1. The maximum atomic E-state index is 14.4. The summed E-state index contributed by atoms with van der Waals surface area (Å²) in [6.07, 6.45) is 2.72. The van der Waals surface area contributed by atoms with Crippen LogP contribution in [0.25, 0.3) is 11.1 Å². The van der Waals surface area contributed by atoms with Crippen LogP contribution in [0.1, 0.15) is 36.2 Å². The quantitative estimate of drug-likeness (QED) is 0.150. The Hall–Kier alpha value is -4.41. The predicted molar refractivity (Wildman–Crippen MR) is 168 cm³/mol. The van der Waals surface area contributed by atoms with Gasteiger partial charge in [0.2, 0.25) is 5.95 Å². The van der Waals surface area contributed by atoms with Crippen molar-refractivity contribution in [1.82, 2.24) is 15.4 Å². The van der Waals surface area contributed by atoms with Crippen LogP contribution in [-0.4, -0.2) is 47.3 Å². The number of benzene rings is 3. The first kappa shape index (κ1) is 30.1. The minimum Gasteiger partial charge on any atom is -0.508 e. The van der Waals surface area contributed by atoms with Crippen LogP contribution >= 0.6 is 11.6 Å². The number of nitrogens with zero attached hydrogens (tertiary/aromatic N) is 3. The number of phenols is 1. The van der Waals surface area contributed by atoms with Crippen LogP contribution in [0.2, 0.25) is 5.02 Å². The van der Waals surface area contributed by atoms with E-state index in [0.717, 1.165) is 40.7 Å². The molecule has 4 N–H and O–H groups in total. The highest BCUT2D eigenvalue weighted by Gasteiger charge is 2.19. The summed E-state index contributed by atoms with van der Waals surface area (Å²) in [5, 5.41) is 13.9. The van der Waals surface area contributed by atoms with Crippen molar-refractivity contribution in [2.24, 2.45) is 5.92 Å². The molecule has 1 saturated heterocycles. The number of hydrazine groups is 1. The molecule has 2 heterocycles. The summed E-state index contributed by atoms with van der Waals surface area (Å²) in [6, 6.07) is 18.2. The van der Waals surface area contributed by atoms with Crippen molar-refractivity contribution in [3.05, 3.63) is 88.8 Å². The Bertz CT molecular complexity index is 1600. The van der Waals surface area contributed by atoms with Crippen LogP contribution in [0.4, 0.5) is 27.5 Å². The van der Waals surface area contributed by atoms with Crippen LogP contribution in [-0.2, 0) is 11.2 Å². The number of anilines is 4. The van der Waals surface area contributed by atoms with Gasteiger partial charge in [-0.1, -0.05) is 44.0 Å². The predicted octanol–water partition coefficient (Wildman–Crippen LogP) is 6.57. The molecular weight excluding hydrogens is 571 g/mol. The van der Waals surface area contributed by atoms with Gasteiger partial charge in [0.05, 0.1) is 19.4 Å². The van der Waals surface area contributed by atoms with E-state index in [2.05, 4.69) is 40.0 Å². The number of ether oxygens (including phenoxy) is 1. The van der Waals surface area contributed by atoms with E-state index in [4.69, 9.17) is 16.3 Å². The van der Waals surface area contributed by atoms with Gasteiger partial charge in [-0.2, -0.15) is 4.98 Å². The molecule has 1 aliphatic rings. The third-order valence-electron chi connectivity index (χ3n) is 7.31. The summed E-state index contributed by atoms with van der Waals surface area (Å²) in [5.74, 6) is -0.132. The van der Waals surface area contributed by atoms with Crippen molar-refractivity contribution >= 4 is 40.6 Å². The number of aromatic hydroxyl groups is 1. The fourth-order valence-electron chi connectivity index (χ4n) is 4.86. The van der Waals surface area contributed by atoms with Crippen LogP contribution < -0.4 is 21.1 Å². The Morgan fingerprint density at radius 1 is 1.09 bits per heavy atom. The highest BCUT2D eigenvalue weighted by atomic mass is 35.5. The lowest BCUT2D eigenvalue weighted by atomic mass is 9.94. The Kier molecular flexibility index (Phi) is 9.58. The van der Waals surface area contributed by atoms with Gasteiger partial charge in [-0.3, -0.25) is 15.6 Å². The van der Waals surface area contributed by atoms with Gasteiger partial charge >= 0.3 is 0 Å². The van der Waals surface area contributed by atoms with E-state index in [9.17, 15) is 14.3 Å². The smallest absolute Gasteiger partial charge is 0.269 e. The molecule has 43 heavy (non-hydrogen) atoms. The number of hydrogen-bond donors (Lipinski definition) is 4. The zero-order chi connectivity index (χ0) is 30.3. The van der Waals surface area contributed by atoms with E-state index in [0.29, 0.717) is 49.2 Å². The first-order valence-corrected chi connectivity index (χ1v) is 14.6. The number of rotatable bonds is 10. The van der Waals surface area contributed by atoms with Crippen molar-refractivity contribution in [3.63, 3.8) is 0 Å². The number of amides is 1. The number of hydrogen-bond acceptors (Lipinski definition) is 8. The summed E-state index contributed by atoms with van der Waals surface area (Å²) < 4.78 is 19.8. The second kappa shape index (κ2) is 13.7. The molecule has 224 valence electrons. The first-order valence-electron chi connectivity index (χ1n) is 14.2. The van der Waals surface area contributed by atoms with E-state index in [1.807, 2.05) is 36.4 Å². The molecule has 5 rings (SSSR count). The molecule has 1 atom stereocenters. The van der Waals surface area contributed by atoms with Gasteiger partial charge in [0.25, 0.3) is 5.91 Å².